The van der Waals surface area contributed by atoms with Gasteiger partial charge in [0.1, 0.15) is 11.5 Å². The molecule has 8 heteroatoms. The van der Waals surface area contributed by atoms with E-state index in [9.17, 15) is 4.79 Å². The van der Waals surface area contributed by atoms with E-state index in [0.29, 0.717) is 28.0 Å². The minimum Gasteiger partial charge on any atom is -0.457 e. The topological polar surface area (TPSA) is 54.9 Å². The fourth-order valence-corrected chi connectivity index (χ4v) is 5.28. The summed E-state index contributed by atoms with van der Waals surface area (Å²) in [5.74, 6) is 1.36. The lowest BCUT2D eigenvalue weighted by Crippen LogP contribution is -2.39. The number of ether oxygens (including phenoxy) is 2. The van der Waals surface area contributed by atoms with Crippen LogP contribution in [0.5, 0.6) is 11.5 Å². The van der Waals surface area contributed by atoms with Gasteiger partial charge in [0, 0.05) is 36.8 Å². The number of para-hydroxylation sites is 1. The van der Waals surface area contributed by atoms with E-state index in [4.69, 9.17) is 26.1 Å². The van der Waals surface area contributed by atoms with Gasteiger partial charge in [0.05, 0.1) is 23.4 Å². The average molecular weight is 508 g/mol. The van der Waals surface area contributed by atoms with E-state index in [1.165, 1.54) is 11.3 Å². The third-order valence-corrected chi connectivity index (χ3v) is 7.13. The number of hydrogen-bond donors (Lipinski definition) is 0. The number of anilines is 1. The van der Waals surface area contributed by atoms with Crippen molar-refractivity contribution in [2.75, 3.05) is 44.3 Å². The number of halogens is 1. The predicted molar refractivity (Wildman–Crippen MR) is 141 cm³/mol. The van der Waals surface area contributed by atoms with Gasteiger partial charge in [-0.3, -0.25) is 14.6 Å². The maximum atomic E-state index is 13.6. The van der Waals surface area contributed by atoms with Crippen molar-refractivity contribution < 1.29 is 14.3 Å². The van der Waals surface area contributed by atoms with Crippen LogP contribution in [0.25, 0.3) is 10.2 Å². The Labute approximate surface area is 213 Å². The maximum Gasteiger partial charge on any atom is 0.260 e. The molecule has 1 saturated heterocycles. The van der Waals surface area contributed by atoms with E-state index in [-0.39, 0.29) is 5.91 Å². The van der Waals surface area contributed by atoms with E-state index in [0.717, 1.165) is 55.2 Å². The van der Waals surface area contributed by atoms with Crippen molar-refractivity contribution in [2.45, 2.75) is 6.42 Å². The molecule has 1 aliphatic heterocycles. The Morgan fingerprint density at radius 3 is 2.54 bits per heavy atom. The van der Waals surface area contributed by atoms with Gasteiger partial charge in [-0.2, -0.15) is 0 Å². The number of carbonyl (C=O) groups is 1. The summed E-state index contributed by atoms with van der Waals surface area (Å²) in [7, 11) is 0. The van der Waals surface area contributed by atoms with Crippen LogP contribution in [0.4, 0.5) is 5.13 Å². The molecule has 35 heavy (non-hydrogen) atoms. The first-order chi connectivity index (χ1) is 17.2. The fourth-order valence-electron chi connectivity index (χ4n) is 4.01. The molecule has 180 valence electrons. The summed E-state index contributed by atoms with van der Waals surface area (Å²) < 4.78 is 12.3. The lowest BCUT2D eigenvalue weighted by atomic mass is 10.2. The first kappa shape index (κ1) is 23.8. The normalized spacial score (nSPS) is 14.2. The lowest BCUT2D eigenvalue weighted by Gasteiger charge is -2.27. The van der Waals surface area contributed by atoms with Gasteiger partial charge >= 0.3 is 0 Å². The van der Waals surface area contributed by atoms with E-state index < -0.39 is 0 Å². The summed E-state index contributed by atoms with van der Waals surface area (Å²) in [4.78, 5) is 22.5. The summed E-state index contributed by atoms with van der Waals surface area (Å²) >= 11 is 7.66. The van der Waals surface area contributed by atoms with Crippen LogP contribution in [0, 0.1) is 0 Å². The molecular weight excluding hydrogens is 482 g/mol. The molecule has 0 spiro atoms. The number of hydrogen-bond acceptors (Lipinski definition) is 6. The molecule has 1 amide bonds. The molecular formula is C27H26ClN3O3S. The fraction of sp³-hybridized carbons (Fsp3) is 0.259. The van der Waals surface area contributed by atoms with Gasteiger partial charge in [-0.1, -0.05) is 41.1 Å². The highest BCUT2D eigenvalue weighted by molar-refractivity contribution is 7.22. The summed E-state index contributed by atoms with van der Waals surface area (Å²) in [6, 6.07) is 22.5. The van der Waals surface area contributed by atoms with Crippen molar-refractivity contribution in [3.8, 4) is 11.5 Å². The molecule has 0 aliphatic carbocycles. The molecule has 4 aromatic rings. The highest BCUT2D eigenvalue weighted by atomic mass is 35.5. The second-order valence-corrected chi connectivity index (χ2v) is 9.76. The molecule has 1 aromatic heterocycles. The van der Waals surface area contributed by atoms with Crippen LogP contribution in [-0.2, 0) is 4.74 Å². The smallest absolute Gasteiger partial charge is 0.260 e. The zero-order valence-electron chi connectivity index (χ0n) is 19.2. The number of benzene rings is 3. The molecule has 0 atom stereocenters. The summed E-state index contributed by atoms with van der Waals surface area (Å²) in [5, 5.41) is 1.34. The minimum absolute atomic E-state index is 0.0802. The van der Waals surface area contributed by atoms with Crippen LogP contribution in [0.3, 0.4) is 0 Å². The van der Waals surface area contributed by atoms with Gasteiger partial charge in [-0.05, 0) is 61.0 Å². The highest BCUT2D eigenvalue weighted by Crippen LogP contribution is 2.32. The Kier molecular flexibility index (Phi) is 7.59. The van der Waals surface area contributed by atoms with Gasteiger partial charge in [0.25, 0.3) is 5.91 Å². The number of fused-ring (bicyclic) bond motifs is 1. The monoisotopic (exact) mass is 507 g/mol. The van der Waals surface area contributed by atoms with E-state index in [1.54, 1.807) is 17.0 Å². The van der Waals surface area contributed by atoms with Crippen molar-refractivity contribution in [3.63, 3.8) is 0 Å². The van der Waals surface area contributed by atoms with E-state index >= 15 is 0 Å². The second kappa shape index (κ2) is 11.2. The molecule has 3 aromatic carbocycles. The first-order valence-corrected chi connectivity index (χ1v) is 12.9. The Hall–Kier alpha value is -2.97. The minimum atomic E-state index is -0.0802. The van der Waals surface area contributed by atoms with Crippen LogP contribution in [-0.4, -0.2) is 55.2 Å². The Morgan fingerprint density at radius 2 is 1.77 bits per heavy atom. The third-order valence-electron chi connectivity index (χ3n) is 5.86. The molecule has 1 fully saturated rings. The van der Waals surface area contributed by atoms with Crippen LogP contribution in [0.15, 0.2) is 72.8 Å². The average Bonchev–Trinajstić information content (AvgIpc) is 3.31. The van der Waals surface area contributed by atoms with Gasteiger partial charge in [-0.15, -0.1) is 0 Å². The largest absolute Gasteiger partial charge is 0.457 e. The zero-order valence-corrected chi connectivity index (χ0v) is 20.8. The number of aromatic nitrogens is 1. The van der Waals surface area contributed by atoms with Crippen molar-refractivity contribution in [1.82, 2.24) is 9.88 Å². The van der Waals surface area contributed by atoms with Crippen LogP contribution < -0.4 is 9.64 Å². The summed E-state index contributed by atoms with van der Waals surface area (Å²) in [6.45, 7) is 4.87. The molecule has 0 unspecified atom stereocenters. The second-order valence-electron chi connectivity index (χ2n) is 8.31. The number of amides is 1. The van der Waals surface area contributed by atoms with Crippen molar-refractivity contribution in [2.24, 2.45) is 0 Å². The number of nitrogens with zero attached hydrogens (tertiary/aromatic N) is 3. The van der Waals surface area contributed by atoms with Crippen LogP contribution in [0.2, 0.25) is 5.02 Å². The Bertz CT molecular complexity index is 1270. The molecule has 2 heterocycles. The predicted octanol–water partition coefficient (Wildman–Crippen LogP) is 6.11. The quantitative estimate of drug-likeness (QED) is 0.288. The lowest BCUT2D eigenvalue weighted by molar-refractivity contribution is 0.0376. The molecule has 0 N–H and O–H groups in total. The maximum absolute atomic E-state index is 13.6. The van der Waals surface area contributed by atoms with Gasteiger partial charge in [-0.25, -0.2) is 4.98 Å². The number of morpholine rings is 1. The van der Waals surface area contributed by atoms with Gasteiger partial charge in [0.15, 0.2) is 5.13 Å². The molecule has 5 rings (SSSR count). The third kappa shape index (κ3) is 6.00. The molecule has 1 aliphatic rings. The first-order valence-electron chi connectivity index (χ1n) is 11.7. The highest BCUT2D eigenvalue weighted by Gasteiger charge is 2.22. The molecule has 0 bridgehead atoms. The number of carbonyl (C=O) groups excluding carboxylic acids is 1. The summed E-state index contributed by atoms with van der Waals surface area (Å²) in [5.41, 5.74) is 1.43. The van der Waals surface area contributed by atoms with E-state index in [2.05, 4.69) is 4.90 Å². The Morgan fingerprint density at radius 1 is 1.03 bits per heavy atom. The van der Waals surface area contributed by atoms with Crippen LogP contribution >= 0.6 is 22.9 Å². The van der Waals surface area contributed by atoms with Gasteiger partial charge < -0.3 is 9.47 Å². The molecule has 6 nitrogen and oxygen atoms in total. The molecule has 0 saturated carbocycles. The standard InChI is InChI=1S/C27H26ClN3O3S/c28-21-9-12-24-25(19-21)35-27(29-24)31(14-4-13-30-15-17-33-18-16-30)26(32)20-7-10-23(11-8-20)34-22-5-2-1-3-6-22/h1-3,5-12,19H,4,13-18H2. The Balaban J connectivity index is 1.34. The van der Waals surface area contributed by atoms with Crippen molar-refractivity contribution in [1.29, 1.82) is 0 Å². The van der Waals surface area contributed by atoms with Crippen molar-refractivity contribution >= 4 is 44.2 Å². The van der Waals surface area contributed by atoms with Crippen LogP contribution in [0.1, 0.15) is 16.8 Å². The SMILES string of the molecule is O=C(c1ccc(Oc2ccccc2)cc1)N(CCCN1CCOCC1)c1nc2ccc(Cl)cc2s1. The van der Waals surface area contributed by atoms with Crippen molar-refractivity contribution in [3.05, 3.63) is 83.4 Å². The van der Waals surface area contributed by atoms with E-state index in [1.807, 2.05) is 60.7 Å². The molecule has 0 radical (unpaired) electrons. The number of rotatable bonds is 8. The number of thiazole rings is 1. The zero-order chi connectivity index (χ0) is 24.0. The van der Waals surface area contributed by atoms with Gasteiger partial charge in [0.2, 0.25) is 0 Å². The summed E-state index contributed by atoms with van der Waals surface area (Å²) in [6.07, 6.45) is 0.845.